The lowest BCUT2D eigenvalue weighted by Gasteiger charge is -2.01. The van der Waals surface area contributed by atoms with Crippen LogP contribution in [0, 0.1) is 6.92 Å². The average molecular weight is 255 g/mol. The minimum absolute atomic E-state index is 0. The van der Waals surface area contributed by atoms with Gasteiger partial charge in [-0.25, -0.2) is 0 Å². The molecule has 0 atom stereocenters. The number of carbonyl (C=O) groups is 1. The number of benzene rings is 1. The molecule has 0 aliphatic carbocycles. The summed E-state index contributed by atoms with van der Waals surface area (Å²) in [5.41, 5.74) is 2.57. The van der Waals surface area contributed by atoms with Crippen LogP contribution >= 0.6 is 15.9 Å². The van der Waals surface area contributed by atoms with Gasteiger partial charge in [-0.1, -0.05) is 7.43 Å². The second-order valence-electron chi connectivity index (χ2n) is 2.87. The van der Waals surface area contributed by atoms with Crippen molar-refractivity contribution in [3.05, 3.63) is 27.9 Å². The van der Waals surface area contributed by atoms with Gasteiger partial charge in [-0.05, 0) is 34.5 Å². The van der Waals surface area contributed by atoms with E-state index in [9.17, 15) is 4.79 Å². The van der Waals surface area contributed by atoms with E-state index < -0.39 is 0 Å². The molecule has 0 amide bonds. The molecule has 0 radical (unpaired) electrons. The Morgan fingerprint density at radius 3 is 2.93 bits per heavy atom. The van der Waals surface area contributed by atoms with E-state index in [1.165, 1.54) is 0 Å². The predicted octanol–water partition coefficient (Wildman–Crippen LogP) is 3.08. The van der Waals surface area contributed by atoms with Crippen LogP contribution in [0.5, 0.6) is 0 Å². The van der Waals surface area contributed by atoms with Crippen molar-refractivity contribution in [2.75, 3.05) is 0 Å². The highest BCUT2D eigenvalue weighted by Gasteiger charge is 2.08. The number of aromatic nitrogens is 2. The van der Waals surface area contributed by atoms with Crippen molar-refractivity contribution in [3.8, 4) is 0 Å². The van der Waals surface area contributed by atoms with Crippen molar-refractivity contribution in [3.63, 3.8) is 0 Å². The number of aromatic amines is 1. The van der Waals surface area contributed by atoms with Crippen LogP contribution in [0.3, 0.4) is 0 Å². The number of hydrogen-bond donors (Lipinski definition) is 1. The number of aldehydes is 1. The molecule has 0 fully saturated rings. The van der Waals surface area contributed by atoms with Crippen LogP contribution in [0.4, 0.5) is 0 Å². The van der Waals surface area contributed by atoms with Crippen LogP contribution in [0.1, 0.15) is 23.3 Å². The summed E-state index contributed by atoms with van der Waals surface area (Å²) >= 11 is 3.38. The summed E-state index contributed by atoms with van der Waals surface area (Å²) in [5.74, 6) is 0. The first kappa shape index (κ1) is 10.9. The van der Waals surface area contributed by atoms with Crippen molar-refractivity contribution in [1.29, 1.82) is 0 Å². The van der Waals surface area contributed by atoms with E-state index in [-0.39, 0.29) is 7.43 Å². The van der Waals surface area contributed by atoms with E-state index >= 15 is 0 Å². The predicted molar refractivity (Wildman–Crippen MR) is 60.6 cm³/mol. The molecule has 4 heteroatoms. The Hall–Kier alpha value is -1.16. The summed E-state index contributed by atoms with van der Waals surface area (Å²) in [6.45, 7) is 1.90. The maximum absolute atomic E-state index is 10.8. The molecule has 0 saturated heterocycles. The van der Waals surface area contributed by atoms with Crippen LogP contribution < -0.4 is 0 Å². The minimum atomic E-state index is 0. The molecule has 0 bridgehead atoms. The molecule has 0 unspecified atom stereocenters. The molecule has 2 rings (SSSR count). The van der Waals surface area contributed by atoms with Crippen LogP contribution in [0.25, 0.3) is 10.9 Å². The van der Waals surface area contributed by atoms with Crippen molar-refractivity contribution >= 4 is 33.1 Å². The molecule has 1 aromatic heterocycles. The first-order chi connectivity index (χ1) is 6.24. The number of halogens is 1. The zero-order valence-electron chi connectivity index (χ0n) is 6.97. The van der Waals surface area contributed by atoms with Gasteiger partial charge in [0.2, 0.25) is 0 Å². The van der Waals surface area contributed by atoms with Crippen LogP contribution in [0.15, 0.2) is 16.7 Å². The molecule has 0 aliphatic heterocycles. The van der Waals surface area contributed by atoms with Crippen LogP contribution in [0.2, 0.25) is 0 Å². The van der Waals surface area contributed by atoms with Crippen molar-refractivity contribution in [2.45, 2.75) is 14.4 Å². The summed E-state index contributed by atoms with van der Waals surface area (Å²) in [7, 11) is 0. The van der Waals surface area contributed by atoms with E-state index in [0.29, 0.717) is 5.56 Å². The Morgan fingerprint density at radius 1 is 1.57 bits per heavy atom. The van der Waals surface area contributed by atoms with Gasteiger partial charge in [-0.2, -0.15) is 5.10 Å². The Bertz CT molecular complexity index is 476. The second-order valence-corrected chi connectivity index (χ2v) is 3.66. The third-order valence-electron chi connectivity index (χ3n) is 2.05. The molecule has 1 aromatic carbocycles. The van der Waals surface area contributed by atoms with Crippen molar-refractivity contribution in [1.82, 2.24) is 10.2 Å². The largest absolute Gasteiger partial charge is 0.298 e. The fourth-order valence-corrected chi connectivity index (χ4v) is 2.06. The Kier molecular flexibility index (Phi) is 3.06. The van der Waals surface area contributed by atoms with E-state index in [1.54, 1.807) is 6.20 Å². The van der Waals surface area contributed by atoms with Gasteiger partial charge in [-0.15, -0.1) is 0 Å². The third kappa shape index (κ3) is 1.46. The number of nitrogens with one attached hydrogen (secondary N) is 1. The van der Waals surface area contributed by atoms with Crippen LogP contribution in [-0.4, -0.2) is 16.5 Å². The van der Waals surface area contributed by atoms with Gasteiger partial charge in [0.1, 0.15) is 0 Å². The molecular formula is C10H11BrN2O. The lowest BCUT2D eigenvalue weighted by molar-refractivity contribution is 0.112. The number of nitrogens with zero attached hydrogens (tertiary/aromatic N) is 1. The van der Waals surface area contributed by atoms with Gasteiger partial charge in [-0.3, -0.25) is 9.89 Å². The maximum Gasteiger partial charge on any atom is 0.151 e. The highest BCUT2D eigenvalue weighted by atomic mass is 79.9. The SMILES string of the molecule is C.Cc1cc2[nH]ncc2c(Br)c1C=O. The van der Waals surface area contributed by atoms with E-state index in [4.69, 9.17) is 0 Å². The normalized spacial score (nSPS) is 9.86. The highest BCUT2D eigenvalue weighted by molar-refractivity contribution is 9.10. The maximum atomic E-state index is 10.8. The fourth-order valence-electron chi connectivity index (χ4n) is 1.34. The molecular weight excluding hydrogens is 244 g/mol. The molecule has 2 aromatic rings. The van der Waals surface area contributed by atoms with Gasteiger partial charge in [0.25, 0.3) is 0 Å². The van der Waals surface area contributed by atoms with Gasteiger partial charge in [0, 0.05) is 15.4 Å². The van der Waals surface area contributed by atoms with Gasteiger partial charge < -0.3 is 0 Å². The zero-order chi connectivity index (χ0) is 9.42. The number of rotatable bonds is 1. The van der Waals surface area contributed by atoms with Gasteiger partial charge >= 0.3 is 0 Å². The minimum Gasteiger partial charge on any atom is -0.298 e. The molecule has 14 heavy (non-hydrogen) atoms. The van der Waals surface area contributed by atoms with Crippen molar-refractivity contribution < 1.29 is 4.79 Å². The van der Waals surface area contributed by atoms with Crippen LogP contribution in [-0.2, 0) is 0 Å². The summed E-state index contributed by atoms with van der Waals surface area (Å²) in [6, 6.07) is 1.91. The first-order valence-electron chi connectivity index (χ1n) is 3.81. The summed E-state index contributed by atoms with van der Waals surface area (Å²) < 4.78 is 0.811. The summed E-state index contributed by atoms with van der Waals surface area (Å²) in [6.07, 6.45) is 2.55. The van der Waals surface area contributed by atoms with E-state index in [2.05, 4.69) is 26.1 Å². The molecule has 0 aliphatic rings. The highest BCUT2D eigenvalue weighted by Crippen LogP contribution is 2.27. The quantitative estimate of drug-likeness (QED) is 0.796. The summed E-state index contributed by atoms with van der Waals surface area (Å²) in [4.78, 5) is 10.8. The molecule has 1 heterocycles. The first-order valence-corrected chi connectivity index (χ1v) is 4.60. The lowest BCUT2D eigenvalue weighted by atomic mass is 10.1. The fraction of sp³-hybridized carbons (Fsp3) is 0.200. The molecule has 74 valence electrons. The molecule has 1 N–H and O–H groups in total. The topological polar surface area (TPSA) is 45.8 Å². The van der Waals surface area contributed by atoms with Gasteiger partial charge in [0.05, 0.1) is 11.7 Å². The van der Waals surface area contributed by atoms with Gasteiger partial charge in [0.15, 0.2) is 6.29 Å². The number of fused-ring (bicyclic) bond motifs is 1. The lowest BCUT2D eigenvalue weighted by Crippen LogP contribution is -1.88. The number of H-pyrrole nitrogens is 1. The second kappa shape index (κ2) is 3.92. The number of carbonyl (C=O) groups excluding carboxylic acids is 1. The average Bonchev–Trinajstić information content (AvgIpc) is 2.53. The smallest absolute Gasteiger partial charge is 0.151 e. The number of hydrogen-bond acceptors (Lipinski definition) is 2. The third-order valence-corrected chi connectivity index (χ3v) is 2.90. The monoisotopic (exact) mass is 254 g/mol. The van der Waals surface area contributed by atoms with E-state index in [0.717, 1.165) is 27.2 Å². The molecule has 0 spiro atoms. The zero-order valence-corrected chi connectivity index (χ0v) is 8.55. The Morgan fingerprint density at radius 2 is 2.29 bits per heavy atom. The molecule has 3 nitrogen and oxygen atoms in total. The summed E-state index contributed by atoms with van der Waals surface area (Å²) in [5, 5.41) is 7.70. The Labute approximate surface area is 90.6 Å². The Balaban J connectivity index is 0.000000980. The van der Waals surface area contributed by atoms with E-state index in [1.807, 2.05) is 13.0 Å². The standard InChI is InChI=1S/C9H7BrN2O.CH4/c1-5-2-8-6(3-11-12-8)9(10)7(5)4-13;/h2-4H,1H3,(H,11,12);1H4. The molecule has 0 saturated carbocycles. The number of aryl methyl sites for hydroxylation is 1. The van der Waals surface area contributed by atoms with Crippen molar-refractivity contribution in [2.24, 2.45) is 0 Å².